The van der Waals surface area contributed by atoms with E-state index in [1.807, 2.05) is 0 Å². The van der Waals surface area contributed by atoms with Gasteiger partial charge in [-0.15, -0.1) is 16.4 Å². The molecule has 0 unspecified atom stereocenters. The van der Waals surface area contributed by atoms with Crippen molar-refractivity contribution in [2.24, 2.45) is 11.3 Å². The van der Waals surface area contributed by atoms with Crippen LogP contribution in [0.2, 0.25) is 0 Å². The van der Waals surface area contributed by atoms with Gasteiger partial charge in [0.1, 0.15) is 11.8 Å². The van der Waals surface area contributed by atoms with E-state index in [1.165, 1.54) is 9.56 Å². The summed E-state index contributed by atoms with van der Waals surface area (Å²) >= 11 is 1.55. The van der Waals surface area contributed by atoms with Crippen LogP contribution < -0.4 is 15.6 Å². The van der Waals surface area contributed by atoms with Gasteiger partial charge in [-0.05, 0) is 61.3 Å². The smallest absolute Gasteiger partial charge is 0.279 e. The zero-order valence-corrected chi connectivity index (χ0v) is 19.9. The summed E-state index contributed by atoms with van der Waals surface area (Å²) < 4.78 is 6.54. The van der Waals surface area contributed by atoms with Gasteiger partial charge in [0.2, 0.25) is 0 Å². The SMILES string of the molecule is C[C@H](C(=O)c1ccc2c(c1)NC(=O)CO2)n1nnc2sc3c(c2c1=O)CC[C@H](C(C)(C)C)C3. The molecule has 2 aliphatic rings. The molecular weight excluding hydrogens is 440 g/mol. The Balaban J connectivity index is 1.49. The molecule has 1 amide bonds. The van der Waals surface area contributed by atoms with E-state index in [4.69, 9.17) is 4.74 Å². The van der Waals surface area contributed by atoms with E-state index in [0.717, 1.165) is 24.8 Å². The predicted molar refractivity (Wildman–Crippen MR) is 126 cm³/mol. The van der Waals surface area contributed by atoms with Crippen molar-refractivity contribution >= 4 is 38.9 Å². The molecule has 0 bridgehead atoms. The first-order valence-corrected chi connectivity index (χ1v) is 12.0. The molecule has 9 heteroatoms. The second-order valence-corrected chi connectivity index (χ2v) is 11.0. The molecular formula is C24H26N4O4S. The topological polar surface area (TPSA) is 103 Å². The summed E-state index contributed by atoms with van der Waals surface area (Å²) in [4.78, 5) is 40.1. The van der Waals surface area contributed by atoms with Gasteiger partial charge in [-0.2, -0.15) is 4.68 Å². The molecule has 3 heterocycles. The molecule has 8 nitrogen and oxygen atoms in total. The number of hydrogen-bond acceptors (Lipinski definition) is 7. The lowest BCUT2D eigenvalue weighted by Crippen LogP contribution is -2.32. The third-order valence-electron chi connectivity index (χ3n) is 6.77. The average Bonchev–Trinajstić information content (AvgIpc) is 3.16. The number of hydrogen-bond donors (Lipinski definition) is 1. The number of rotatable bonds is 3. The van der Waals surface area contributed by atoms with E-state index in [-0.39, 0.29) is 29.3 Å². The Hall–Kier alpha value is -3.07. The van der Waals surface area contributed by atoms with Gasteiger partial charge in [0, 0.05) is 10.4 Å². The molecule has 1 N–H and O–H groups in total. The monoisotopic (exact) mass is 466 g/mol. The molecule has 33 heavy (non-hydrogen) atoms. The fourth-order valence-electron chi connectivity index (χ4n) is 4.69. The predicted octanol–water partition coefficient (Wildman–Crippen LogP) is 3.78. The minimum absolute atomic E-state index is 0.0524. The van der Waals surface area contributed by atoms with Crippen LogP contribution in [-0.4, -0.2) is 33.3 Å². The van der Waals surface area contributed by atoms with Gasteiger partial charge in [-0.3, -0.25) is 14.4 Å². The number of nitrogens with zero attached hydrogens (tertiary/aromatic N) is 3. The van der Waals surface area contributed by atoms with Crippen LogP contribution >= 0.6 is 11.3 Å². The van der Waals surface area contributed by atoms with Crippen molar-refractivity contribution in [3.8, 4) is 5.75 Å². The second kappa shape index (κ2) is 7.76. The van der Waals surface area contributed by atoms with Crippen LogP contribution in [0.25, 0.3) is 10.2 Å². The lowest BCUT2D eigenvalue weighted by molar-refractivity contribution is -0.118. The number of fused-ring (bicyclic) bond motifs is 4. The van der Waals surface area contributed by atoms with E-state index in [1.54, 1.807) is 36.5 Å². The zero-order valence-electron chi connectivity index (χ0n) is 19.1. The second-order valence-electron chi connectivity index (χ2n) is 9.92. The standard InChI is InChI=1S/C24H26N4O4S/c1-12(21(30)13-5-8-17-16(9-13)25-19(29)11-32-17)28-23(31)20-15-7-6-14(24(2,3)4)10-18(15)33-22(20)26-27-28/h5,8-9,12,14H,6-7,10-11H2,1-4H3,(H,25,29)/t12-,14+/m1/s1. The molecule has 0 fully saturated rings. The molecule has 2 aromatic heterocycles. The molecule has 1 aliphatic carbocycles. The number of benzene rings is 1. The highest BCUT2D eigenvalue weighted by molar-refractivity contribution is 7.18. The summed E-state index contributed by atoms with van der Waals surface area (Å²) in [6, 6.07) is 4.01. The van der Waals surface area contributed by atoms with Gasteiger partial charge in [0.15, 0.2) is 17.2 Å². The Morgan fingerprint density at radius 2 is 2.09 bits per heavy atom. The number of nitrogens with one attached hydrogen (secondary N) is 1. The van der Waals surface area contributed by atoms with Crippen LogP contribution in [0.3, 0.4) is 0 Å². The molecule has 0 saturated heterocycles. The number of ketones is 1. The number of aromatic nitrogens is 3. The molecule has 3 aromatic rings. The Labute approximate surface area is 194 Å². The summed E-state index contributed by atoms with van der Waals surface area (Å²) in [5.74, 6) is 0.506. The number of anilines is 1. The lowest BCUT2D eigenvalue weighted by Gasteiger charge is -2.33. The minimum Gasteiger partial charge on any atom is -0.482 e. The number of Topliss-reactive ketones (excluding diaryl/α,β-unsaturated/α-hetero) is 1. The van der Waals surface area contributed by atoms with Gasteiger partial charge in [0.25, 0.3) is 11.5 Å². The first-order chi connectivity index (χ1) is 15.6. The van der Waals surface area contributed by atoms with Crippen molar-refractivity contribution < 1.29 is 14.3 Å². The normalized spacial score (nSPS) is 18.8. The molecule has 2 atom stereocenters. The van der Waals surface area contributed by atoms with Gasteiger partial charge >= 0.3 is 0 Å². The molecule has 0 saturated carbocycles. The van der Waals surface area contributed by atoms with E-state index >= 15 is 0 Å². The van der Waals surface area contributed by atoms with Gasteiger partial charge in [0.05, 0.1) is 11.1 Å². The number of carbonyl (C=O) groups excluding carboxylic acids is 2. The third kappa shape index (κ3) is 3.74. The van der Waals surface area contributed by atoms with Crippen LogP contribution in [0, 0.1) is 11.3 Å². The maximum Gasteiger partial charge on any atom is 0.279 e. The van der Waals surface area contributed by atoms with Gasteiger partial charge in [-0.25, -0.2) is 0 Å². The molecule has 0 radical (unpaired) electrons. The molecule has 0 spiro atoms. The Bertz CT molecular complexity index is 1350. The third-order valence-corrected chi connectivity index (χ3v) is 7.91. The largest absolute Gasteiger partial charge is 0.482 e. The number of thiophene rings is 1. The van der Waals surface area contributed by atoms with Crippen LogP contribution in [0.4, 0.5) is 5.69 Å². The van der Waals surface area contributed by atoms with Crippen molar-refractivity contribution in [3.05, 3.63) is 44.6 Å². The van der Waals surface area contributed by atoms with Crippen LogP contribution in [-0.2, 0) is 17.6 Å². The van der Waals surface area contributed by atoms with Crippen molar-refractivity contribution in [1.82, 2.24) is 15.0 Å². The Morgan fingerprint density at radius 1 is 1.30 bits per heavy atom. The highest BCUT2D eigenvalue weighted by Crippen LogP contribution is 2.42. The highest BCUT2D eigenvalue weighted by Gasteiger charge is 2.32. The summed E-state index contributed by atoms with van der Waals surface area (Å²) in [6.45, 7) is 8.37. The molecule has 172 valence electrons. The fraction of sp³-hybridized carbons (Fsp3) is 0.458. The Kier molecular flexibility index (Phi) is 5.12. The van der Waals surface area contributed by atoms with E-state index in [2.05, 4.69) is 36.4 Å². The number of amides is 1. The van der Waals surface area contributed by atoms with Crippen molar-refractivity contribution in [1.29, 1.82) is 0 Å². The van der Waals surface area contributed by atoms with Crippen molar-refractivity contribution in [2.45, 2.75) is 53.0 Å². The molecule has 1 aromatic carbocycles. The number of carbonyl (C=O) groups is 2. The lowest BCUT2D eigenvalue weighted by atomic mass is 9.72. The number of aryl methyl sites for hydroxylation is 1. The van der Waals surface area contributed by atoms with E-state index < -0.39 is 6.04 Å². The van der Waals surface area contributed by atoms with E-state index in [0.29, 0.717) is 33.1 Å². The van der Waals surface area contributed by atoms with E-state index in [9.17, 15) is 14.4 Å². The maximum atomic E-state index is 13.4. The van der Waals surface area contributed by atoms with Crippen LogP contribution in [0.15, 0.2) is 23.0 Å². The Morgan fingerprint density at radius 3 is 2.85 bits per heavy atom. The van der Waals surface area contributed by atoms with Crippen LogP contribution in [0.5, 0.6) is 5.75 Å². The fourth-order valence-corrected chi connectivity index (χ4v) is 5.92. The molecule has 5 rings (SSSR count). The van der Waals surface area contributed by atoms with Gasteiger partial charge < -0.3 is 10.1 Å². The quantitative estimate of drug-likeness (QED) is 0.589. The number of ether oxygens (including phenoxy) is 1. The van der Waals surface area contributed by atoms with Crippen molar-refractivity contribution in [2.75, 3.05) is 11.9 Å². The minimum atomic E-state index is -0.839. The summed E-state index contributed by atoms with van der Waals surface area (Å²) in [6.07, 6.45) is 2.81. The van der Waals surface area contributed by atoms with Crippen LogP contribution in [0.1, 0.15) is 61.0 Å². The summed E-state index contributed by atoms with van der Waals surface area (Å²) in [5, 5.41) is 11.7. The first-order valence-electron chi connectivity index (χ1n) is 11.1. The summed E-state index contributed by atoms with van der Waals surface area (Å²) in [5.41, 5.74) is 1.80. The summed E-state index contributed by atoms with van der Waals surface area (Å²) in [7, 11) is 0. The maximum absolute atomic E-state index is 13.4. The van der Waals surface area contributed by atoms with Gasteiger partial charge in [-0.1, -0.05) is 26.0 Å². The van der Waals surface area contributed by atoms with Crippen molar-refractivity contribution in [3.63, 3.8) is 0 Å². The first kappa shape index (κ1) is 21.8. The highest BCUT2D eigenvalue weighted by atomic mass is 32.1. The molecule has 1 aliphatic heterocycles. The average molecular weight is 467 g/mol. The zero-order chi connectivity index (χ0) is 23.5.